The van der Waals surface area contributed by atoms with Gasteiger partial charge in [0.1, 0.15) is 4.90 Å². The highest BCUT2D eigenvalue weighted by molar-refractivity contribution is 7.92. The summed E-state index contributed by atoms with van der Waals surface area (Å²) in [6.45, 7) is 0.560. The number of carboxylic acids is 1. The minimum atomic E-state index is -4.31. The molecule has 3 aromatic carbocycles. The van der Waals surface area contributed by atoms with Crippen LogP contribution in [0.15, 0.2) is 65.6 Å². The second-order valence-corrected chi connectivity index (χ2v) is 9.74. The molecule has 3 aromatic rings. The lowest BCUT2D eigenvalue weighted by Gasteiger charge is -2.31. The zero-order chi connectivity index (χ0) is 24.5. The Labute approximate surface area is 196 Å². The van der Waals surface area contributed by atoms with Gasteiger partial charge in [-0.3, -0.25) is 14.3 Å². The summed E-state index contributed by atoms with van der Waals surface area (Å²) in [6.07, 6.45) is 0.820. The highest BCUT2D eigenvalue weighted by atomic mass is 32.2. The van der Waals surface area contributed by atoms with Gasteiger partial charge in [-0.2, -0.15) is 0 Å². The van der Waals surface area contributed by atoms with Crippen molar-refractivity contribution in [2.24, 2.45) is 11.7 Å². The first-order valence-electron chi connectivity index (χ1n) is 10.6. The number of rotatable bonds is 6. The van der Waals surface area contributed by atoms with Crippen LogP contribution in [-0.2, 0) is 14.8 Å². The Bertz CT molecular complexity index is 1390. The molecule has 1 aliphatic rings. The lowest BCUT2D eigenvalue weighted by atomic mass is 9.96. The van der Waals surface area contributed by atoms with E-state index >= 15 is 0 Å². The number of anilines is 1. The Morgan fingerprint density at radius 1 is 0.941 bits per heavy atom. The van der Waals surface area contributed by atoms with Crippen molar-refractivity contribution in [3.63, 3.8) is 0 Å². The van der Waals surface area contributed by atoms with Crippen molar-refractivity contribution in [3.05, 3.63) is 71.8 Å². The van der Waals surface area contributed by atoms with Crippen LogP contribution in [0.2, 0.25) is 0 Å². The van der Waals surface area contributed by atoms with Gasteiger partial charge >= 0.3 is 5.97 Å². The summed E-state index contributed by atoms with van der Waals surface area (Å²) >= 11 is 0. The molecular formula is C24H23N3O6S. The number of benzene rings is 3. The molecule has 2 amide bonds. The second kappa shape index (κ2) is 9.14. The molecule has 0 saturated carbocycles. The normalized spacial score (nSPS) is 14.6. The largest absolute Gasteiger partial charge is 0.478 e. The number of aromatic carboxylic acids is 1. The molecule has 0 bridgehead atoms. The number of carboxylic acid groups (broad SMARTS) is 1. The average molecular weight is 482 g/mol. The van der Waals surface area contributed by atoms with E-state index in [2.05, 4.69) is 4.72 Å². The zero-order valence-electron chi connectivity index (χ0n) is 18.1. The summed E-state index contributed by atoms with van der Waals surface area (Å²) in [5.74, 6) is -2.49. The van der Waals surface area contributed by atoms with Gasteiger partial charge in [-0.1, -0.05) is 42.5 Å². The first-order valence-corrected chi connectivity index (χ1v) is 12.1. The maximum atomic E-state index is 13.3. The summed E-state index contributed by atoms with van der Waals surface area (Å²) in [5.41, 5.74) is 5.03. The Balaban J connectivity index is 1.68. The van der Waals surface area contributed by atoms with Crippen LogP contribution in [0.25, 0.3) is 10.8 Å². The van der Waals surface area contributed by atoms with Gasteiger partial charge in [0.15, 0.2) is 0 Å². The maximum Gasteiger partial charge on any atom is 0.338 e. The van der Waals surface area contributed by atoms with E-state index in [1.54, 1.807) is 36.4 Å². The van der Waals surface area contributed by atoms with Crippen LogP contribution >= 0.6 is 0 Å². The number of likely N-dealkylation sites (tertiary alicyclic amines) is 1. The van der Waals surface area contributed by atoms with Crippen molar-refractivity contribution in [3.8, 4) is 0 Å². The molecule has 0 aliphatic carbocycles. The number of primary amides is 1. The molecule has 10 heteroatoms. The van der Waals surface area contributed by atoms with Gasteiger partial charge in [0.05, 0.1) is 16.8 Å². The van der Waals surface area contributed by atoms with Gasteiger partial charge in [0, 0.05) is 19.0 Å². The van der Waals surface area contributed by atoms with Gasteiger partial charge in [0.2, 0.25) is 5.91 Å². The molecule has 1 heterocycles. The molecule has 0 spiro atoms. The van der Waals surface area contributed by atoms with Gasteiger partial charge in [0.25, 0.3) is 15.9 Å². The molecule has 176 valence electrons. The van der Waals surface area contributed by atoms with Crippen LogP contribution in [0.5, 0.6) is 0 Å². The molecular weight excluding hydrogens is 458 g/mol. The van der Waals surface area contributed by atoms with E-state index in [1.165, 1.54) is 29.2 Å². The lowest BCUT2D eigenvalue weighted by Crippen LogP contribution is -2.42. The molecule has 0 aromatic heterocycles. The Hall–Kier alpha value is -3.92. The summed E-state index contributed by atoms with van der Waals surface area (Å²) < 4.78 is 29.0. The summed E-state index contributed by atoms with van der Waals surface area (Å²) in [5, 5.41) is 10.8. The number of carbonyl (C=O) groups excluding carboxylic acids is 2. The lowest BCUT2D eigenvalue weighted by molar-refractivity contribution is -0.123. The van der Waals surface area contributed by atoms with E-state index in [0.717, 1.165) is 0 Å². The number of amides is 2. The van der Waals surface area contributed by atoms with Crippen molar-refractivity contribution in [2.45, 2.75) is 17.7 Å². The number of fused-ring (bicyclic) bond motifs is 1. The van der Waals surface area contributed by atoms with Crippen molar-refractivity contribution < 1.29 is 27.9 Å². The van der Waals surface area contributed by atoms with Crippen LogP contribution in [0.1, 0.15) is 33.6 Å². The van der Waals surface area contributed by atoms with Gasteiger partial charge in [-0.15, -0.1) is 0 Å². The van der Waals surface area contributed by atoms with Crippen molar-refractivity contribution in [1.29, 1.82) is 0 Å². The third-order valence-electron chi connectivity index (χ3n) is 5.98. The monoisotopic (exact) mass is 481 g/mol. The zero-order valence-corrected chi connectivity index (χ0v) is 18.9. The minimum Gasteiger partial charge on any atom is -0.478 e. The number of hydrogen-bond acceptors (Lipinski definition) is 5. The first kappa shape index (κ1) is 23.2. The second-order valence-electron chi connectivity index (χ2n) is 8.08. The third-order valence-corrected chi connectivity index (χ3v) is 7.40. The molecule has 4 N–H and O–H groups in total. The highest BCUT2D eigenvalue weighted by Gasteiger charge is 2.30. The predicted molar refractivity (Wildman–Crippen MR) is 126 cm³/mol. The van der Waals surface area contributed by atoms with E-state index in [-0.39, 0.29) is 40.7 Å². The Kier molecular flexibility index (Phi) is 6.25. The minimum absolute atomic E-state index is 0.0369. The number of carbonyl (C=O) groups is 3. The standard InChI is InChI=1S/C24H23N3O6S/c25-22(28)16-11-13-27(14-12-16)23(29)18-7-3-4-8-20(18)34(32,33)26-19-10-9-15-5-1-2-6-17(15)21(19)24(30)31/h1-10,16,26H,11-14H2,(H2,25,28)(H,30,31). The number of hydrogen-bond donors (Lipinski definition) is 3. The molecule has 0 atom stereocenters. The average Bonchev–Trinajstić information content (AvgIpc) is 2.83. The number of sulfonamides is 1. The topological polar surface area (TPSA) is 147 Å². The molecule has 1 fully saturated rings. The molecule has 1 saturated heterocycles. The Morgan fingerprint density at radius 2 is 1.59 bits per heavy atom. The van der Waals surface area contributed by atoms with Gasteiger partial charge in [-0.25, -0.2) is 13.2 Å². The van der Waals surface area contributed by atoms with Crippen LogP contribution < -0.4 is 10.5 Å². The molecule has 9 nitrogen and oxygen atoms in total. The summed E-state index contributed by atoms with van der Waals surface area (Å²) in [7, 11) is -4.31. The van der Waals surface area contributed by atoms with Crippen molar-refractivity contribution in [2.75, 3.05) is 17.8 Å². The smallest absolute Gasteiger partial charge is 0.338 e. The van der Waals surface area contributed by atoms with E-state index in [0.29, 0.717) is 23.6 Å². The fourth-order valence-corrected chi connectivity index (χ4v) is 5.47. The molecule has 0 unspecified atom stereocenters. The number of nitrogens with one attached hydrogen (secondary N) is 1. The van der Waals surface area contributed by atoms with Crippen LogP contribution in [0.3, 0.4) is 0 Å². The number of piperidine rings is 1. The maximum absolute atomic E-state index is 13.3. The molecule has 0 radical (unpaired) electrons. The van der Waals surface area contributed by atoms with Crippen molar-refractivity contribution in [1.82, 2.24) is 4.90 Å². The Morgan fingerprint density at radius 3 is 2.26 bits per heavy atom. The quantitative estimate of drug-likeness (QED) is 0.493. The van der Waals surface area contributed by atoms with Crippen LogP contribution in [-0.4, -0.2) is 49.3 Å². The van der Waals surface area contributed by atoms with Gasteiger partial charge < -0.3 is 15.7 Å². The fraction of sp³-hybridized carbons (Fsp3) is 0.208. The van der Waals surface area contributed by atoms with Crippen LogP contribution in [0.4, 0.5) is 5.69 Å². The van der Waals surface area contributed by atoms with E-state index in [9.17, 15) is 27.9 Å². The number of nitrogens with two attached hydrogens (primary N) is 1. The van der Waals surface area contributed by atoms with Gasteiger partial charge in [-0.05, 0) is 41.8 Å². The predicted octanol–water partition coefficient (Wildman–Crippen LogP) is 2.68. The molecule has 34 heavy (non-hydrogen) atoms. The van der Waals surface area contributed by atoms with Crippen molar-refractivity contribution >= 4 is 44.3 Å². The third kappa shape index (κ3) is 4.44. The van der Waals surface area contributed by atoms with E-state index in [4.69, 9.17) is 5.73 Å². The summed E-state index contributed by atoms with van der Waals surface area (Å²) in [6, 6.07) is 15.5. The summed E-state index contributed by atoms with van der Waals surface area (Å²) in [4.78, 5) is 37.8. The molecule has 4 rings (SSSR count). The first-order chi connectivity index (χ1) is 16.2. The molecule has 1 aliphatic heterocycles. The highest BCUT2D eigenvalue weighted by Crippen LogP contribution is 2.29. The van der Waals surface area contributed by atoms with E-state index in [1.807, 2.05) is 0 Å². The fourth-order valence-electron chi connectivity index (χ4n) is 4.20. The SMILES string of the molecule is NC(=O)C1CCN(C(=O)c2ccccc2S(=O)(=O)Nc2ccc3ccccc3c2C(=O)O)CC1. The number of nitrogens with zero attached hydrogens (tertiary/aromatic N) is 1. The van der Waals surface area contributed by atoms with E-state index < -0.39 is 27.8 Å². The van der Waals surface area contributed by atoms with Crippen LogP contribution in [0, 0.1) is 5.92 Å².